The summed E-state index contributed by atoms with van der Waals surface area (Å²) >= 11 is 0. The van der Waals surface area contributed by atoms with E-state index in [1.54, 1.807) is 35.5 Å². The fourth-order valence-electron chi connectivity index (χ4n) is 3.60. The first kappa shape index (κ1) is 23.8. The van der Waals surface area contributed by atoms with Crippen molar-refractivity contribution in [2.75, 3.05) is 25.0 Å². The number of rotatable bonds is 8. The van der Waals surface area contributed by atoms with E-state index in [1.807, 2.05) is 30.3 Å². The fraction of sp³-hybridized carbons (Fsp3) is 0.259. The number of ether oxygens (including phenoxy) is 2. The lowest BCUT2D eigenvalue weighted by Crippen LogP contribution is -2.39. The van der Waals surface area contributed by atoms with E-state index in [-0.39, 0.29) is 6.03 Å². The number of benzene rings is 1. The zero-order chi connectivity index (χ0) is 24.3. The van der Waals surface area contributed by atoms with Gasteiger partial charge in [0, 0.05) is 31.8 Å². The summed E-state index contributed by atoms with van der Waals surface area (Å²) in [6.07, 6.45) is 13.7. The molecule has 3 aromatic rings. The van der Waals surface area contributed by atoms with Crippen LogP contribution >= 0.6 is 0 Å². The van der Waals surface area contributed by atoms with Gasteiger partial charge in [0.15, 0.2) is 5.82 Å². The average molecular weight is 470 g/mol. The van der Waals surface area contributed by atoms with Crippen molar-refractivity contribution in [1.29, 1.82) is 0 Å². The first-order valence-corrected chi connectivity index (χ1v) is 11.5. The van der Waals surface area contributed by atoms with Gasteiger partial charge in [-0.15, -0.1) is 17.4 Å². The van der Waals surface area contributed by atoms with Crippen molar-refractivity contribution in [2.45, 2.75) is 25.7 Å². The predicted molar refractivity (Wildman–Crippen MR) is 134 cm³/mol. The molecular weight excluding hydrogens is 442 g/mol. The zero-order valence-electron chi connectivity index (χ0n) is 19.4. The number of hydrogen-bond donors (Lipinski definition) is 1. The molecule has 1 aromatic carbocycles. The number of aromatic nitrogens is 3. The third-order valence-electron chi connectivity index (χ3n) is 5.39. The van der Waals surface area contributed by atoms with Crippen molar-refractivity contribution in [3.63, 3.8) is 0 Å². The Morgan fingerprint density at radius 3 is 2.77 bits per heavy atom. The number of urea groups is 1. The van der Waals surface area contributed by atoms with E-state index in [1.165, 1.54) is 5.57 Å². The van der Waals surface area contributed by atoms with Crippen LogP contribution in [-0.2, 0) is 0 Å². The smallest absolute Gasteiger partial charge is 0.323 e. The van der Waals surface area contributed by atoms with Crippen LogP contribution in [0.25, 0.3) is 6.08 Å². The standard InChI is InChI=1S/C27H27N5O3/c1-2-3-4-17-34-24-10-11-26(28-20-24)35-23-8-5-7-22(19-23)18-21-12-15-32(16-13-21)27(33)30-25-9-6-14-29-31-25/h1,5-11,14,18-20H,3-4,12-13,15-17H2,(H,30,31,33). The predicted octanol–water partition coefficient (Wildman–Crippen LogP) is 5.17. The van der Waals surface area contributed by atoms with Crippen molar-refractivity contribution >= 4 is 17.9 Å². The molecule has 8 heteroatoms. The third kappa shape index (κ3) is 7.30. The molecule has 0 bridgehead atoms. The number of piperidine rings is 1. The lowest BCUT2D eigenvalue weighted by atomic mass is 10.0. The molecule has 1 aliphatic rings. The Hall–Kier alpha value is -4.38. The van der Waals surface area contributed by atoms with Crippen molar-refractivity contribution in [1.82, 2.24) is 20.1 Å². The number of unbranched alkanes of at least 4 members (excludes halogenated alkanes) is 1. The molecule has 4 rings (SSSR count). The lowest BCUT2D eigenvalue weighted by molar-refractivity contribution is 0.207. The van der Waals surface area contributed by atoms with Crippen LogP contribution in [0.4, 0.5) is 10.6 Å². The molecule has 0 spiro atoms. The Kier molecular flexibility index (Phi) is 8.28. The summed E-state index contributed by atoms with van der Waals surface area (Å²) in [6, 6.07) is 14.8. The fourth-order valence-corrected chi connectivity index (χ4v) is 3.60. The number of carbonyl (C=O) groups is 1. The summed E-state index contributed by atoms with van der Waals surface area (Å²) in [5.74, 6) is 4.93. The molecule has 178 valence electrons. The molecule has 0 saturated carbocycles. The topological polar surface area (TPSA) is 89.5 Å². The number of amides is 2. The van der Waals surface area contributed by atoms with Crippen LogP contribution in [0.3, 0.4) is 0 Å². The number of terminal acetylenes is 1. The lowest BCUT2D eigenvalue weighted by Gasteiger charge is -2.28. The summed E-state index contributed by atoms with van der Waals surface area (Å²) in [5.41, 5.74) is 2.33. The van der Waals surface area contributed by atoms with Crippen LogP contribution in [0.1, 0.15) is 31.2 Å². The van der Waals surface area contributed by atoms with E-state index in [9.17, 15) is 4.79 Å². The van der Waals surface area contributed by atoms with E-state index in [2.05, 4.69) is 32.5 Å². The van der Waals surface area contributed by atoms with Gasteiger partial charge in [-0.3, -0.25) is 5.32 Å². The van der Waals surface area contributed by atoms with E-state index < -0.39 is 0 Å². The van der Waals surface area contributed by atoms with E-state index in [0.29, 0.717) is 49.3 Å². The van der Waals surface area contributed by atoms with Crippen LogP contribution in [0, 0.1) is 12.3 Å². The molecule has 0 atom stereocenters. The number of carbonyl (C=O) groups excluding carboxylic acids is 1. The molecule has 1 saturated heterocycles. The molecule has 1 aliphatic heterocycles. The molecule has 1 N–H and O–H groups in total. The van der Waals surface area contributed by atoms with Gasteiger partial charge in [-0.05, 0) is 55.2 Å². The van der Waals surface area contributed by atoms with Gasteiger partial charge in [0.25, 0.3) is 0 Å². The van der Waals surface area contributed by atoms with Crippen LogP contribution < -0.4 is 14.8 Å². The summed E-state index contributed by atoms with van der Waals surface area (Å²) in [5, 5.41) is 10.5. The van der Waals surface area contributed by atoms with Gasteiger partial charge < -0.3 is 14.4 Å². The molecule has 35 heavy (non-hydrogen) atoms. The maximum absolute atomic E-state index is 12.4. The largest absolute Gasteiger partial charge is 0.492 e. The summed E-state index contributed by atoms with van der Waals surface area (Å²) in [6.45, 7) is 1.86. The van der Waals surface area contributed by atoms with Gasteiger partial charge >= 0.3 is 6.03 Å². The van der Waals surface area contributed by atoms with Crippen molar-refractivity contribution in [3.8, 4) is 29.7 Å². The highest BCUT2D eigenvalue weighted by molar-refractivity contribution is 5.88. The normalized spacial score (nSPS) is 13.0. The molecule has 2 aromatic heterocycles. The average Bonchev–Trinajstić information content (AvgIpc) is 2.89. The Morgan fingerprint density at radius 1 is 1.14 bits per heavy atom. The minimum Gasteiger partial charge on any atom is -0.492 e. The molecule has 2 amide bonds. The molecule has 0 aliphatic carbocycles. The Balaban J connectivity index is 1.28. The second kappa shape index (κ2) is 12.2. The number of anilines is 1. The highest BCUT2D eigenvalue weighted by atomic mass is 16.5. The summed E-state index contributed by atoms with van der Waals surface area (Å²) < 4.78 is 11.5. The Bertz CT molecular complexity index is 1180. The monoisotopic (exact) mass is 469 g/mol. The minimum atomic E-state index is -0.156. The number of likely N-dealkylation sites (tertiary alicyclic amines) is 1. The number of hydrogen-bond acceptors (Lipinski definition) is 6. The maximum Gasteiger partial charge on any atom is 0.323 e. The highest BCUT2D eigenvalue weighted by Gasteiger charge is 2.19. The Morgan fingerprint density at radius 2 is 2.03 bits per heavy atom. The summed E-state index contributed by atoms with van der Waals surface area (Å²) in [4.78, 5) is 18.5. The van der Waals surface area contributed by atoms with Gasteiger partial charge in [0.05, 0.1) is 12.8 Å². The van der Waals surface area contributed by atoms with E-state index in [0.717, 1.165) is 24.8 Å². The maximum atomic E-state index is 12.4. The van der Waals surface area contributed by atoms with Crippen LogP contribution in [0.2, 0.25) is 0 Å². The minimum absolute atomic E-state index is 0.156. The van der Waals surface area contributed by atoms with Crippen molar-refractivity contribution in [3.05, 3.63) is 72.1 Å². The first-order chi connectivity index (χ1) is 17.2. The second-order valence-corrected chi connectivity index (χ2v) is 7.99. The summed E-state index contributed by atoms with van der Waals surface area (Å²) in [7, 11) is 0. The van der Waals surface area contributed by atoms with Crippen molar-refractivity contribution < 1.29 is 14.3 Å². The van der Waals surface area contributed by atoms with E-state index >= 15 is 0 Å². The highest BCUT2D eigenvalue weighted by Crippen LogP contribution is 2.25. The first-order valence-electron chi connectivity index (χ1n) is 11.5. The van der Waals surface area contributed by atoms with Gasteiger partial charge in [-0.2, -0.15) is 5.10 Å². The SMILES string of the molecule is C#CCCCOc1ccc(Oc2cccc(C=C3CCN(C(=O)Nc4cccnn4)CC3)c2)nc1. The Labute approximate surface area is 205 Å². The van der Waals surface area contributed by atoms with Crippen LogP contribution in [-0.4, -0.2) is 45.8 Å². The molecule has 1 fully saturated rings. The van der Waals surface area contributed by atoms with Crippen LogP contribution in [0.5, 0.6) is 17.4 Å². The zero-order valence-corrected chi connectivity index (χ0v) is 19.4. The van der Waals surface area contributed by atoms with Gasteiger partial charge in [-0.1, -0.05) is 23.8 Å². The van der Waals surface area contributed by atoms with Gasteiger partial charge in [0.1, 0.15) is 11.5 Å². The van der Waals surface area contributed by atoms with Crippen LogP contribution in [0.15, 0.2) is 66.5 Å². The number of nitrogens with one attached hydrogen (secondary N) is 1. The molecule has 0 unspecified atom stereocenters. The third-order valence-corrected chi connectivity index (χ3v) is 5.39. The van der Waals surface area contributed by atoms with E-state index in [4.69, 9.17) is 15.9 Å². The van der Waals surface area contributed by atoms with Gasteiger partial charge in [0.2, 0.25) is 5.88 Å². The molecule has 3 heterocycles. The second-order valence-electron chi connectivity index (χ2n) is 7.99. The number of nitrogens with zero attached hydrogens (tertiary/aromatic N) is 4. The molecule has 8 nitrogen and oxygen atoms in total. The number of pyridine rings is 1. The molecular formula is C27H27N5O3. The van der Waals surface area contributed by atoms with Gasteiger partial charge in [-0.25, -0.2) is 9.78 Å². The quantitative estimate of drug-likeness (QED) is 0.362. The van der Waals surface area contributed by atoms with Crippen molar-refractivity contribution in [2.24, 2.45) is 0 Å². The molecule has 0 radical (unpaired) electrons.